The lowest BCUT2D eigenvalue weighted by Crippen LogP contribution is -2.15. The van der Waals surface area contributed by atoms with Crippen molar-refractivity contribution < 1.29 is 23.0 Å². The number of hydrogen-bond donors (Lipinski definition) is 0. The van der Waals surface area contributed by atoms with E-state index < -0.39 is 11.6 Å². The van der Waals surface area contributed by atoms with Gasteiger partial charge in [-0.2, -0.15) is 10.2 Å². The maximum absolute atomic E-state index is 16.1. The van der Waals surface area contributed by atoms with Crippen LogP contribution in [0.3, 0.4) is 0 Å². The number of esters is 1. The van der Waals surface area contributed by atoms with Crippen molar-refractivity contribution in [2.24, 2.45) is 0 Å². The molecule has 0 spiro atoms. The van der Waals surface area contributed by atoms with Crippen LogP contribution in [0.1, 0.15) is 74.8 Å². The number of carbonyl (C=O) groups is 1. The molecular weight excluding hydrogens is 807 g/mol. The van der Waals surface area contributed by atoms with E-state index in [1.807, 2.05) is 56.3 Å². The van der Waals surface area contributed by atoms with E-state index in [-0.39, 0.29) is 41.0 Å². The summed E-state index contributed by atoms with van der Waals surface area (Å²) in [6, 6.07) is 17.6. The van der Waals surface area contributed by atoms with E-state index in [1.165, 1.54) is 27.3 Å². The van der Waals surface area contributed by atoms with Gasteiger partial charge in [0.2, 0.25) is 0 Å². The minimum atomic E-state index is -0.527. The summed E-state index contributed by atoms with van der Waals surface area (Å²) < 4.78 is 48.7. The van der Waals surface area contributed by atoms with Gasteiger partial charge in [0.1, 0.15) is 11.6 Å². The van der Waals surface area contributed by atoms with E-state index in [0.29, 0.717) is 30.7 Å². The molecule has 6 aromatic rings. The summed E-state index contributed by atoms with van der Waals surface area (Å²) in [5, 5.41) is 10.4. The normalized spacial score (nSPS) is 16.5. The van der Waals surface area contributed by atoms with Crippen LogP contribution in [-0.4, -0.2) is 36.1 Å². The lowest BCUT2D eigenvalue weighted by atomic mass is 9.83. The van der Waals surface area contributed by atoms with E-state index in [4.69, 9.17) is 19.7 Å². The number of nitrogens with zero attached hydrogens (tertiary/aromatic N) is 5. The average molecular weight is 848 g/mol. The van der Waals surface area contributed by atoms with Gasteiger partial charge in [-0.15, -0.1) is 0 Å². The first kappa shape index (κ1) is 36.9. The largest absolute Gasteiger partial charge is 0.466 e. The summed E-state index contributed by atoms with van der Waals surface area (Å²) >= 11 is 2.17. The number of ether oxygens (including phenoxy) is 2. The summed E-state index contributed by atoms with van der Waals surface area (Å²) in [5.74, 6) is -0.872. The van der Waals surface area contributed by atoms with Crippen LogP contribution in [-0.2, 0) is 27.9 Å². The van der Waals surface area contributed by atoms with Crippen LogP contribution < -0.4 is 4.74 Å². The second-order valence-electron chi connectivity index (χ2n) is 13.9. The monoisotopic (exact) mass is 847 g/mol. The zero-order valence-electron chi connectivity index (χ0n) is 29.8. The van der Waals surface area contributed by atoms with Crippen LogP contribution in [0.5, 0.6) is 11.5 Å². The standard InChI is InChI=1S/C41H40F2IN5O3S/c1-4-51-39(50)15-12-27-9-8-10-28(21-27)37-11-6-5-7-18-41(2,3)29-24-45-47(25-29)26-33-31-16-20-49(53-44)38(31)23-35(43)40(33)52-30-13-14-34(42)32(22-30)36-17-19-48(37)46-36/h5,7-10,13-14,16-17,19-25,37H,4,6,11-12,15,18,26H2,1-3H3/b7-5+. The number of carbonyl (C=O) groups excluding carboxylic acids is 1. The summed E-state index contributed by atoms with van der Waals surface area (Å²) in [7, 11) is 1.45. The molecule has 3 aromatic carbocycles. The second kappa shape index (κ2) is 15.9. The lowest BCUT2D eigenvalue weighted by molar-refractivity contribution is -0.143. The van der Waals surface area contributed by atoms with Gasteiger partial charge in [-0.05, 0) is 85.0 Å². The molecule has 1 aliphatic heterocycles. The highest BCUT2D eigenvalue weighted by atomic mass is 127. The highest BCUT2D eigenvalue weighted by Gasteiger charge is 2.24. The molecule has 274 valence electrons. The van der Waals surface area contributed by atoms with Gasteiger partial charge in [-0.1, -0.05) is 50.3 Å². The van der Waals surface area contributed by atoms with E-state index in [9.17, 15) is 4.79 Å². The Morgan fingerprint density at radius 1 is 1.08 bits per heavy atom. The molecule has 1 atom stereocenters. The Labute approximate surface area is 323 Å². The number of fused-ring (bicyclic) bond motifs is 10. The molecule has 0 aliphatic carbocycles. The predicted molar refractivity (Wildman–Crippen MR) is 213 cm³/mol. The first-order valence-corrected chi connectivity index (χ1v) is 21.0. The van der Waals surface area contributed by atoms with Crippen molar-refractivity contribution in [1.82, 2.24) is 23.5 Å². The van der Waals surface area contributed by atoms with Crippen molar-refractivity contribution in [2.45, 2.75) is 70.9 Å². The first-order chi connectivity index (χ1) is 25.6. The lowest BCUT2D eigenvalue weighted by Gasteiger charge is -2.21. The van der Waals surface area contributed by atoms with Crippen molar-refractivity contribution in [2.75, 3.05) is 6.61 Å². The van der Waals surface area contributed by atoms with E-state index in [2.05, 4.69) is 59.3 Å². The Hall–Kier alpha value is -4.43. The Kier molecular flexibility index (Phi) is 11.1. The maximum atomic E-state index is 16.1. The van der Waals surface area contributed by atoms with Crippen molar-refractivity contribution in [3.8, 4) is 22.8 Å². The van der Waals surface area contributed by atoms with Crippen LogP contribution in [0.2, 0.25) is 0 Å². The number of benzene rings is 3. The predicted octanol–water partition coefficient (Wildman–Crippen LogP) is 10.8. The van der Waals surface area contributed by atoms with Gasteiger partial charge in [0.25, 0.3) is 0 Å². The Morgan fingerprint density at radius 3 is 2.77 bits per heavy atom. The molecule has 1 unspecified atom stereocenters. The van der Waals surface area contributed by atoms with Crippen LogP contribution in [0, 0.1) is 11.6 Å². The molecule has 0 saturated carbocycles. The molecule has 0 amide bonds. The summed E-state index contributed by atoms with van der Waals surface area (Å²) in [5.41, 5.74) is 4.95. The molecule has 0 saturated heterocycles. The SMILES string of the molecule is CCOC(=O)CCc1cccc(C2CC/C=C/CC(C)(C)c3cnn(c3)Cc3c(c(F)cc4c3ccn4SI)Oc3ccc(F)c(c3)-c3ccn2n3)c1. The summed E-state index contributed by atoms with van der Waals surface area (Å²) in [6.45, 7) is 6.82. The third-order valence-electron chi connectivity index (χ3n) is 9.80. The second-order valence-corrected chi connectivity index (χ2v) is 15.6. The molecule has 1 aliphatic rings. The topological polar surface area (TPSA) is 76.1 Å². The van der Waals surface area contributed by atoms with Gasteiger partial charge in [-0.3, -0.25) is 18.1 Å². The van der Waals surface area contributed by atoms with Gasteiger partial charge in [0, 0.05) is 77.9 Å². The fourth-order valence-electron chi connectivity index (χ4n) is 6.86. The fourth-order valence-corrected chi connectivity index (χ4v) is 8.22. The molecule has 0 radical (unpaired) electrons. The molecule has 0 fully saturated rings. The van der Waals surface area contributed by atoms with Crippen molar-refractivity contribution in [3.05, 3.63) is 131 Å². The smallest absolute Gasteiger partial charge is 0.306 e. The quantitative estimate of drug-likeness (QED) is 0.0944. The highest BCUT2D eigenvalue weighted by molar-refractivity contribution is 14.2. The number of hydrogen-bond acceptors (Lipinski definition) is 6. The minimum Gasteiger partial charge on any atom is -0.466 e. The van der Waals surface area contributed by atoms with Gasteiger partial charge in [0.05, 0.1) is 36.6 Å². The van der Waals surface area contributed by atoms with Crippen LogP contribution in [0.15, 0.2) is 97.6 Å². The first-order valence-electron chi connectivity index (χ1n) is 17.7. The van der Waals surface area contributed by atoms with Gasteiger partial charge < -0.3 is 9.47 Å². The molecule has 3 aromatic heterocycles. The third kappa shape index (κ3) is 8.08. The van der Waals surface area contributed by atoms with Crippen molar-refractivity contribution in [1.29, 1.82) is 0 Å². The molecule has 12 heteroatoms. The van der Waals surface area contributed by atoms with Crippen LogP contribution in [0.4, 0.5) is 8.78 Å². The highest BCUT2D eigenvalue weighted by Crippen LogP contribution is 2.39. The zero-order valence-corrected chi connectivity index (χ0v) is 32.7. The summed E-state index contributed by atoms with van der Waals surface area (Å²) in [6.07, 6.45) is 15.3. The summed E-state index contributed by atoms with van der Waals surface area (Å²) in [4.78, 5) is 12.1. The van der Waals surface area contributed by atoms with Crippen LogP contribution in [0.25, 0.3) is 22.2 Å². The molecule has 6 bridgehead atoms. The van der Waals surface area contributed by atoms with Crippen molar-refractivity contribution in [3.63, 3.8) is 0 Å². The molecule has 4 heterocycles. The third-order valence-corrected chi connectivity index (χ3v) is 11.5. The Bertz CT molecular complexity index is 2290. The van der Waals surface area contributed by atoms with Gasteiger partial charge in [-0.25, -0.2) is 8.78 Å². The van der Waals surface area contributed by atoms with E-state index in [1.54, 1.807) is 19.1 Å². The zero-order chi connectivity index (χ0) is 37.1. The average Bonchev–Trinajstić information content (AvgIpc) is 3.92. The number of rotatable bonds is 6. The van der Waals surface area contributed by atoms with E-state index >= 15 is 8.78 Å². The number of aryl methyl sites for hydroxylation is 1. The number of halogens is 3. The Balaban J connectivity index is 1.31. The van der Waals surface area contributed by atoms with Gasteiger partial charge in [0.15, 0.2) is 11.6 Å². The van der Waals surface area contributed by atoms with E-state index in [0.717, 1.165) is 46.9 Å². The Morgan fingerprint density at radius 2 is 1.94 bits per heavy atom. The molecule has 8 nitrogen and oxygen atoms in total. The molecular formula is C41H40F2IN5O3S. The number of allylic oxidation sites excluding steroid dienone is 2. The molecule has 0 N–H and O–H groups in total. The maximum Gasteiger partial charge on any atom is 0.306 e. The molecule has 53 heavy (non-hydrogen) atoms. The van der Waals surface area contributed by atoms with Crippen molar-refractivity contribution >= 4 is 47.2 Å². The van der Waals surface area contributed by atoms with Gasteiger partial charge >= 0.3 is 5.97 Å². The minimum absolute atomic E-state index is 0.0633. The number of aromatic nitrogens is 5. The fraction of sp³-hybridized carbons (Fsp3) is 0.293. The van der Waals surface area contributed by atoms with Crippen LogP contribution >= 0.6 is 30.3 Å². The molecule has 7 rings (SSSR count).